The molecule has 1 aliphatic heterocycles. The summed E-state index contributed by atoms with van der Waals surface area (Å²) in [6.45, 7) is 2.30. The van der Waals surface area contributed by atoms with Crippen LogP contribution in [0.4, 0.5) is 0 Å². The molecule has 0 amide bonds. The third-order valence-corrected chi connectivity index (χ3v) is 5.27. The maximum Gasteiger partial charge on any atom is 0.0208 e. The predicted molar refractivity (Wildman–Crippen MR) is 70.2 cm³/mol. The Hall–Kier alpha value is -0.820. The first-order valence-electron chi connectivity index (χ1n) is 7.26. The highest BCUT2D eigenvalue weighted by Crippen LogP contribution is 2.52. The summed E-state index contributed by atoms with van der Waals surface area (Å²) in [4.78, 5) is 0. The average Bonchev–Trinajstić information content (AvgIpc) is 2.73. The van der Waals surface area contributed by atoms with Gasteiger partial charge in [0.2, 0.25) is 0 Å². The highest BCUT2D eigenvalue weighted by Gasteiger charge is 2.38. The maximum atomic E-state index is 3.59. The normalized spacial score (nSPS) is 34.9. The van der Waals surface area contributed by atoms with Crippen molar-refractivity contribution in [3.63, 3.8) is 0 Å². The summed E-state index contributed by atoms with van der Waals surface area (Å²) in [6, 6.07) is 7.07. The van der Waals surface area contributed by atoms with Gasteiger partial charge in [-0.15, -0.1) is 0 Å². The zero-order chi connectivity index (χ0) is 11.2. The molecule has 3 aliphatic rings. The summed E-state index contributed by atoms with van der Waals surface area (Å²) in [5.74, 6) is 2.76. The molecule has 1 N–H and O–H groups in total. The van der Waals surface area contributed by atoms with Gasteiger partial charge in [-0.05, 0) is 66.7 Å². The Morgan fingerprint density at radius 1 is 1.12 bits per heavy atom. The van der Waals surface area contributed by atoms with Gasteiger partial charge in [-0.25, -0.2) is 0 Å². The van der Waals surface area contributed by atoms with Crippen LogP contribution >= 0.6 is 0 Å². The summed E-state index contributed by atoms with van der Waals surface area (Å²) < 4.78 is 0. The molecule has 0 saturated heterocycles. The van der Waals surface area contributed by atoms with E-state index >= 15 is 0 Å². The molecule has 0 radical (unpaired) electrons. The van der Waals surface area contributed by atoms with Gasteiger partial charge in [-0.2, -0.15) is 0 Å². The molecule has 17 heavy (non-hydrogen) atoms. The van der Waals surface area contributed by atoms with Crippen LogP contribution in [0.5, 0.6) is 0 Å². The Kier molecular flexibility index (Phi) is 2.29. The number of hydrogen-bond acceptors (Lipinski definition) is 1. The summed E-state index contributed by atoms with van der Waals surface area (Å²) in [6.07, 6.45) is 7.22. The van der Waals surface area contributed by atoms with Crippen LogP contribution in [0, 0.1) is 5.92 Å². The van der Waals surface area contributed by atoms with Crippen molar-refractivity contribution in [1.82, 2.24) is 5.32 Å². The van der Waals surface area contributed by atoms with Crippen LogP contribution < -0.4 is 5.32 Å². The van der Waals surface area contributed by atoms with Crippen molar-refractivity contribution in [3.8, 4) is 0 Å². The van der Waals surface area contributed by atoms with Gasteiger partial charge in [0.05, 0.1) is 0 Å². The van der Waals surface area contributed by atoms with Gasteiger partial charge in [0.15, 0.2) is 0 Å². The summed E-state index contributed by atoms with van der Waals surface area (Å²) in [5.41, 5.74) is 5.07. The number of fused-ring (bicyclic) bond motifs is 2. The Labute approximate surface area is 104 Å². The van der Waals surface area contributed by atoms with Crippen molar-refractivity contribution >= 4 is 0 Å². The molecule has 0 spiro atoms. The smallest absolute Gasteiger partial charge is 0.0208 e. The quantitative estimate of drug-likeness (QED) is 0.714. The Balaban J connectivity index is 1.88. The molecular weight excluding hydrogens is 206 g/mol. The van der Waals surface area contributed by atoms with Crippen LogP contribution in [-0.2, 0) is 6.54 Å². The van der Waals surface area contributed by atoms with E-state index < -0.39 is 0 Å². The summed E-state index contributed by atoms with van der Waals surface area (Å²) in [5, 5.41) is 3.59. The number of benzene rings is 1. The SMILES string of the molecule is c1cc2c3c(c1)C1CCCC1C[C@@H]3CCNC2. The fraction of sp³-hybridized carbons (Fsp3) is 0.625. The first kappa shape index (κ1) is 10.1. The third-order valence-electron chi connectivity index (χ3n) is 5.27. The molecule has 4 rings (SSSR count). The van der Waals surface area contributed by atoms with E-state index in [0.29, 0.717) is 0 Å². The second-order valence-electron chi connectivity index (χ2n) is 6.12. The van der Waals surface area contributed by atoms with E-state index in [4.69, 9.17) is 0 Å². The lowest BCUT2D eigenvalue weighted by Gasteiger charge is -2.35. The van der Waals surface area contributed by atoms with E-state index in [0.717, 1.165) is 24.3 Å². The van der Waals surface area contributed by atoms with E-state index in [1.165, 1.54) is 38.6 Å². The van der Waals surface area contributed by atoms with E-state index in [1.54, 1.807) is 16.7 Å². The van der Waals surface area contributed by atoms with Gasteiger partial charge in [0.1, 0.15) is 0 Å². The molecule has 1 fully saturated rings. The molecule has 1 heteroatoms. The van der Waals surface area contributed by atoms with Crippen LogP contribution in [0.2, 0.25) is 0 Å². The molecule has 0 bridgehead atoms. The van der Waals surface area contributed by atoms with Crippen molar-refractivity contribution in [2.75, 3.05) is 6.54 Å². The second-order valence-corrected chi connectivity index (χ2v) is 6.12. The maximum absolute atomic E-state index is 3.59. The first-order valence-corrected chi connectivity index (χ1v) is 7.26. The minimum Gasteiger partial charge on any atom is -0.313 e. The Morgan fingerprint density at radius 3 is 3.12 bits per heavy atom. The molecule has 1 aromatic carbocycles. The topological polar surface area (TPSA) is 12.0 Å². The number of nitrogens with one attached hydrogen (secondary N) is 1. The van der Waals surface area contributed by atoms with Crippen molar-refractivity contribution in [2.24, 2.45) is 5.92 Å². The van der Waals surface area contributed by atoms with Gasteiger partial charge in [0.25, 0.3) is 0 Å². The highest BCUT2D eigenvalue weighted by molar-refractivity contribution is 5.43. The highest BCUT2D eigenvalue weighted by atomic mass is 14.9. The van der Waals surface area contributed by atoms with Gasteiger partial charge in [-0.1, -0.05) is 24.6 Å². The molecule has 1 nitrogen and oxygen atoms in total. The summed E-state index contributed by atoms with van der Waals surface area (Å²) >= 11 is 0. The van der Waals surface area contributed by atoms with Gasteiger partial charge < -0.3 is 5.32 Å². The fourth-order valence-electron chi connectivity index (χ4n) is 4.58. The molecule has 90 valence electrons. The molecule has 2 unspecified atom stereocenters. The molecular formula is C16H21N. The first-order chi connectivity index (χ1) is 8.43. The van der Waals surface area contributed by atoms with E-state index in [9.17, 15) is 0 Å². The standard InChI is InChI=1S/C16H21N/c1-3-11-9-12-7-8-17-10-13-4-2-6-15(16(12)13)14(11)5-1/h2,4,6,11-12,14,17H,1,3,5,7-10H2/t11?,12-,14?/m0/s1. The van der Waals surface area contributed by atoms with Crippen molar-refractivity contribution in [3.05, 3.63) is 34.9 Å². The van der Waals surface area contributed by atoms with E-state index in [1.807, 2.05) is 0 Å². The third kappa shape index (κ3) is 1.48. The largest absolute Gasteiger partial charge is 0.313 e. The van der Waals surface area contributed by atoms with E-state index in [-0.39, 0.29) is 0 Å². The van der Waals surface area contributed by atoms with Gasteiger partial charge >= 0.3 is 0 Å². The van der Waals surface area contributed by atoms with Crippen molar-refractivity contribution in [2.45, 2.75) is 50.5 Å². The molecule has 3 atom stereocenters. The molecule has 2 aliphatic carbocycles. The minimum absolute atomic E-state index is 0.857. The Bertz CT molecular complexity index is 437. The van der Waals surface area contributed by atoms with Gasteiger partial charge in [-0.3, -0.25) is 0 Å². The number of hydrogen-bond donors (Lipinski definition) is 1. The van der Waals surface area contributed by atoms with Gasteiger partial charge in [0, 0.05) is 6.54 Å². The van der Waals surface area contributed by atoms with Crippen LogP contribution in [0.3, 0.4) is 0 Å². The van der Waals surface area contributed by atoms with E-state index in [2.05, 4.69) is 23.5 Å². The van der Waals surface area contributed by atoms with Crippen LogP contribution in [0.1, 0.15) is 60.6 Å². The molecule has 1 aromatic rings. The lowest BCUT2D eigenvalue weighted by Crippen LogP contribution is -2.21. The monoisotopic (exact) mass is 227 g/mol. The zero-order valence-corrected chi connectivity index (χ0v) is 10.4. The van der Waals surface area contributed by atoms with Crippen LogP contribution in [-0.4, -0.2) is 6.54 Å². The number of rotatable bonds is 0. The van der Waals surface area contributed by atoms with Crippen LogP contribution in [0.25, 0.3) is 0 Å². The zero-order valence-electron chi connectivity index (χ0n) is 10.4. The van der Waals surface area contributed by atoms with Crippen molar-refractivity contribution in [1.29, 1.82) is 0 Å². The van der Waals surface area contributed by atoms with Crippen molar-refractivity contribution < 1.29 is 0 Å². The molecule has 0 aromatic heterocycles. The fourth-order valence-corrected chi connectivity index (χ4v) is 4.58. The average molecular weight is 227 g/mol. The Morgan fingerprint density at radius 2 is 2.12 bits per heavy atom. The minimum atomic E-state index is 0.857. The molecule has 1 saturated carbocycles. The lowest BCUT2D eigenvalue weighted by molar-refractivity contribution is 0.364. The predicted octanol–water partition coefficient (Wildman–Crippen LogP) is 3.55. The van der Waals surface area contributed by atoms with Crippen LogP contribution in [0.15, 0.2) is 18.2 Å². The lowest BCUT2D eigenvalue weighted by atomic mass is 9.70. The molecule has 1 heterocycles. The summed E-state index contributed by atoms with van der Waals surface area (Å²) in [7, 11) is 0. The second kappa shape index (κ2) is 3.84.